The molecule has 8 nitrogen and oxygen atoms in total. The smallest absolute Gasteiger partial charge is 0.264 e. The number of hydrogen-bond acceptors (Lipinski definition) is 6. The molecule has 4 rings (SSSR count). The van der Waals surface area contributed by atoms with E-state index in [9.17, 15) is 22.8 Å². The van der Waals surface area contributed by atoms with E-state index in [4.69, 9.17) is 0 Å². The molecule has 1 fully saturated rings. The molecule has 1 aliphatic heterocycles. The topological polar surface area (TPSA) is 104 Å². The summed E-state index contributed by atoms with van der Waals surface area (Å²) in [7, 11) is -4.23. The highest BCUT2D eigenvalue weighted by Gasteiger charge is 2.39. The Labute approximate surface area is 208 Å². The Hall–Kier alpha value is -3.50. The summed E-state index contributed by atoms with van der Waals surface area (Å²) in [5.74, 6) is -1.49. The average Bonchev–Trinajstić information content (AvgIpc) is 3.42. The fourth-order valence-corrected chi connectivity index (χ4v) is 6.07. The number of thiophene rings is 1. The number of carbonyl (C=O) groups is 3. The van der Waals surface area contributed by atoms with Gasteiger partial charge in [-0.1, -0.05) is 42.5 Å². The molecule has 2 heterocycles. The van der Waals surface area contributed by atoms with Crippen molar-refractivity contribution >= 4 is 38.9 Å². The summed E-state index contributed by atoms with van der Waals surface area (Å²) in [5, 5.41) is 2.50. The molecule has 1 aliphatic rings. The SMILES string of the molecule is Cc1ccccc1C(=O)NC(C(=O)N1CCN(C(=O)c2cccs2)CC1)S(=O)(=O)c1ccccc1. The molecule has 0 saturated carbocycles. The van der Waals surface area contributed by atoms with Gasteiger partial charge in [0.25, 0.3) is 17.7 Å². The highest BCUT2D eigenvalue weighted by atomic mass is 32.2. The number of carbonyl (C=O) groups excluding carboxylic acids is 3. The van der Waals surface area contributed by atoms with Crippen LogP contribution in [0.25, 0.3) is 0 Å². The minimum atomic E-state index is -4.23. The van der Waals surface area contributed by atoms with Crippen molar-refractivity contribution in [2.75, 3.05) is 26.2 Å². The molecule has 0 aliphatic carbocycles. The molecule has 0 bridgehead atoms. The Bertz CT molecular complexity index is 1320. The van der Waals surface area contributed by atoms with E-state index in [-0.39, 0.29) is 37.0 Å². The number of rotatable bonds is 6. The number of piperazine rings is 1. The number of hydrogen-bond donors (Lipinski definition) is 1. The highest BCUT2D eigenvalue weighted by Crippen LogP contribution is 2.20. The van der Waals surface area contributed by atoms with Crippen molar-refractivity contribution in [1.29, 1.82) is 0 Å². The standard InChI is InChI=1S/C25H25N3O5S2/c1-18-8-5-6-11-20(18)22(29)26-23(35(32,33)19-9-3-2-4-10-19)25(31)28-15-13-27(14-16-28)24(30)21-12-7-17-34-21/h2-12,17,23H,13-16H2,1H3,(H,26,29). The molecule has 10 heteroatoms. The van der Waals surface area contributed by atoms with E-state index in [1.165, 1.54) is 28.4 Å². The molecule has 1 saturated heterocycles. The molecule has 35 heavy (non-hydrogen) atoms. The summed E-state index contributed by atoms with van der Waals surface area (Å²) in [6.07, 6.45) is 0. The van der Waals surface area contributed by atoms with E-state index < -0.39 is 27.0 Å². The number of nitrogens with zero attached hydrogens (tertiary/aromatic N) is 2. The largest absolute Gasteiger partial charge is 0.336 e. The van der Waals surface area contributed by atoms with Gasteiger partial charge in [0.05, 0.1) is 9.77 Å². The zero-order chi connectivity index (χ0) is 25.0. The Morgan fingerprint density at radius 2 is 1.49 bits per heavy atom. The molecule has 1 unspecified atom stereocenters. The Morgan fingerprint density at radius 1 is 0.857 bits per heavy atom. The van der Waals surface area contributed by atoms with Crippen LogP contribution in [0.5, 0.6) is 0 Å². The maximum Gasteiger partial charge on any atom is 0.264 e. The minimum Gasteiger partial charge on any atom is -0.336 e. The summed E-state index contributed by atoms with van der Waals surface area (Å²) >= 11 is 1.34. The predicted octanol–water partition coefficient (Wildman–Crippen LogP) is 2.57. The van der Waals surface area contributed by atoms with E-state index in [2.05, 4.69) is 5.32 Å². The monoisotopic (exact) mass is 511 g/mol. The van der Waals surface area contributed by atoms with Crippen molar-refractivity contribution < 1.29 is 22.8 Å². The van der Waals surface area contributed by atoms with Gasteiger partial charge in [-0.15, -0.1) is 11.3 Å². The van der Waals surface area contributed by atoms with Gasteiger partial charge >= 0.3 is 0 Å². The van der Waals surface area contributed by atoms with Crippen molar-refractivity contribution in [2.45, 2.75) is 17.2 Å². The average molecular weight is 512 g/mol. The number of nitrogens with one attached hydrogen (secondary N) is 1. The van der Waals surface area contributed by atoms with Crippen LogP contribution in [0, 0.1) is 6.92 Å². The van der Waals surface area contributed by atoms with Crippen LogP contribution in [0.3, 0.4) is 0 Å². The van der Waals surface area contributed by atoms with Gasteiger partial charge in [-0.05, 0) is 42.1 Å². The number of benzene rings is 2. The van der Waals surface area contributed by atoms with Gasteiger partial charge in [-0.25, -0.2) is 8.42 Å². The molecule has 3 aromatic rings. The fraction of sp³-hybridized carbons (Fsp3) is 0.240. The van der Waals surface area contributed by atoms with Gasteiger partial charge in [-0.3, -0.25) is 14.4 Å². The number of aryl methyl sites for hydroxylation is 1. The van der Waals surface area contributed by atoms with Gasteiger partial charge in [-0.2, -0.15) is 0 Å². The zero-order valence-electron chi connectivity index (χ0n) is 19.1. The van der Waals surface area contributed by atoms with Gasteiger partial charge in [0, 0.05) is 31.7 Å². The molecule has 2 aromatic carbocycles. The summed E-state index contributed by atoms with van der Waals surface area (Å²) in [6, 6.07) is 17.9. The lowest BCUT2D eigenvalue weighted by Crippen LogP contribution is -2.57. The third-order valence-electron chi connectivity index (χ3n) is 5.87. The second-order valence-electron chi connectivity index (χ2n) is 8.12. The summed E-state index contributed by atoms with van der Waals surface area (Å²) in [6.45, 7) is 2.61. The Balaban J connectivity index is 1.56. The van der Waals surface area contributed by atoms with Gasteiger partial charge in [0.15, 0.2) is 0 Å². The Kier molecular flexibility index (Phi) is 7.32. The lowest BCUT2D eigenvalue weighted by Gasteiger charge is -2.36. The first-order chi connectivity index (χ1) is 16.8. The van der Waals surface area contributed by atoms with Crippen LogP contribution in [0.2, 0.25) is 0 Å². The van der Waals surface area contributed by atoms with Crippen molar-refractivity contribution in [2.24, 2.45) is 0 Å². The van der Waals surface area contributed by atoms with Gasteiger partial charge in [0.2, 0.25) is 15.2 Å². The van der Waals surface area contributed by atoms with E-state index in [1.807, 2.05) is 5.38 Å². The van der Waals surface area contributed by atoms with Crippen LogP contribution < -0.4 is 5.32 Å². The van der Waals surface area contributed by atoms with Crippen LogP contribution in [-0.4, -0.2) is 67.5 Å². The number of amides is 3. The lowest BCUT2D eigenvalue weighted by molar-refractivity contribution is -0.132. The second-order valence-corrected chi connectivity index (χ2v) is 11.1. The molecule has 182 valence electrons. The van der Waals surface area contributed by atoms with Crippen molar-refractivity contribution in [1.82, 2.24) is 15.1 Å². The minimum absolute atomic E-state index is 0.0602. The zero-order valence-corrected chi connectivity index (χ0v) is 20.7. The molecule has 1 aromatic heterocycles. The lowest BCUT2D eigenvalue weighted by atomic mass is 10.1. The first-order valence-electron chi connectivity index (χ1n) is 11.1. The summed E-state index contributed by atoms with van der Waals surface area (Å²) in [4.78, 5) is 42.7. The van der Waals surface area contributed by atoms with E-state index in [1.54, 1.807) is 66.4 Å². The molecular weight excluding hydrogens is 486 g/mol. The van der Waals surface area contributed by atoms with Crippen molar-refractivity contribution in [3.63, 3.8) is 0 Å². The highest BCUT2D eigenvalue weighted by molar-refractivity contribution is 7.92. The first kappa shape index (κ1) is 24.6. The summed E-state index contributed by atoms with van der Waals surface area (Å²) in [5.41, 5.74) is 0.953. The second kappa shape index (κ2) is 10.4. The molecular formula is C25H25N3O5S2. The van der Waals surface area contributed by atoms with E-state index in [0.29, 0.717) is 16.0 Å². The van der Waals surface area contributed by atoms with Crippen LogP contribution in [-0.2, 0) is 14.6 Å². The van der Waals surface area contributed by atoms with E-state index >= 15 is 0 Å². The molecule has 0 spiro atoms. The van der Waals surface area contributed by atoms with Crippen LogP contribution in [0.1, 0.15) is 25.6 Å². The first-order valence-corrected chi connectivity index (χ1v) is 13.5. The maximum absolute atomic E-state index is 13.5. The van der Waals surface area contributed by atoms with E-state index in [0.717, 1.165) is 0 Å². The van der Waals surface area contributed by atoms with Crippen LogP contribution in [0.4, 0.5) is 0 Å². The molecule has 1 atom stereocenters. The fourth-order valence-electron chi connectivity index (χ4n) is 3.89. The molecule has 3 amide bonds. The number of sulfone groups is 1. The Morgan fingerprint density at radius 3 is 2.11 bits per heavy atom. The maximum atomic E-state index is 13.5. The van der Waals surface area contributed by atoms with Crippen LogP contribution in [0.15, 0.2) is 77.0 Å². The molecule has 0 radical (unpaired) electrons. The summed E-state index contributed by atoms with van der Waals surface area (Å²) < 4.78 is 26.9. The van der Waals surface area contributed by atoms with Gasteiger partial charge in [0.1, 0.15) is 0 Å². The van der Waals surface area contributed by atoms with Crippen molar-refractivity contribution in [3.05, 3.63) is 88.1 Å². The predicted molar refractivity (Wildman–Crippen MR) is 133 cm³/mol. The normalized spacial score (nSPS) is 14.9. The van der Waals surface area contributed by atoms with Crippen molar-refractivity contribution in [3.8, 4) is 0 Å². The quantitative estimate of drug-likeness (QED) is 0.548. The molecule has 1 N–H and O–H groups in total. The third kappa shape index (κ3) is 5.28. The third-order valence-corrected chi connectivity index (χ3v) is 8.60. The van der Waals surface area contributed by atoms with Gasteiger partial charge < -0.3 is 15.1 Å². The van der Waals surface area contributed by atoms with Crippen LogP contribution >= 0.6 is 11.3 Å².